The highest BCUT2D eigenvalue weighted by atomic mass is 16.1. The van der Waals surface area contributed by atoms with Crippen molar-refractivity contribution < 1.29 is 0 Å². The predicted molar refractivity (Wildman–Crippen MR) is 42.1 cm³/mol. The maximum atomic E-state index is 11.0. The fourth-order valence-corrected chi connectivity index (χ4v) is 0.827. The molecule has 0 unspecified atom stereocenters. The molecule has 0 fully saturated rings. The van der Waals surface area contributed by atoms with E-state index in [2.05, 4.69) is 5.10 Å². The van der Waals surface area contributed by atoms with Crippen molar-refractivity contribution in [1.82, 2.24) is 9.78 Å². The molecule has 0 saturated heterocycles. The van der Waals surface area contributed by atoms with Crippen LogP contribution in [-0.2, 0) is 13.1 Å². The van der Waals surface area contributed by atoms with Crippen LogP contribution < -0.4 is 11.3 Å². The number of nitrogens with zero attached hydrogens (tertiary/aromatic N) is 2. The smallest absolute Gasteiger partial charge is 0.266 e. The molecule has 0 amide bonds. The summed E-state index contributed by atoms with van der Waals surface area (Å²) < 4.78 is 1.39. The van der Waals surface area contributed by atoms with Crippen LogP contribution in [0.4, 0.5) is 0 Å². The third-order valence-corrected chi connectivity index (χ3v) is 1.43. The quantitative estimate of drug-likeness (QED) is 0.635. The Kier molecular flexibility index (Phi) is 2.38. The number of hydrogen-bond donors (Lipinski definition) is 1. The molecule has 0 aliphatic rings. The van der Waals surface area contributed by atoms with Crippen molar-refractivity contribution in [3.63, 3.8) is 0 Å². The average molecular weight is 153 g/mol. The van der Waals surface area contributed by atoms with E-state index in [1.54, 1.807) is 6.07 Å². The second-order valence-corrected chi connectivity index (χ2v) is 2.18. The number of aryl methyl sites for hydroxylation is 1. The Hall–Kier alpha value is -1.16. The molecule has 11 heavy (non-hydrogen) atoms. The molecule has 2 N–H and O–H groups in total. The molecule has 1 aromatic rings. The molecule has 0 radical (unpaired) electrons. The highest BCUT2D eigenvalue weighted by Gasteiger charge is 1.94. The number of nitrogens with two attached hydrogens (primary N) is 1. The first-order valence-electron chi connectivity index (χ1n) is 3.55. The molecule has 0 atom stereocenters. The summed E-state index contributed by atoms with van der Waals surface area (Å²) >= 11 is 0. The minimum absolute atomic E-state index is 0.0790. The van der Waals surface area contributed by atoms with Crippen LogP contribution in [0.25, 0.3) is 0 Å². The van der Waals surface area contributed by atoms with Crippen LogP contribution in [0.2, 0.25) is 0 Å². The predicted octanol–water partition coefficient (Wildman–Crippen LogP) is -0.278. The van der Waals surface area contributed by atoms with Crippen molar-refractivity contribution in [3.05, 3.63) is 28.2 Å². The van der Waals surface area contributed by atoms with Gasteiger partial charge in [0.1, 0.15) is 0 Å². The molecule has 0 aromatic carbocycles. The Morgan fingerprint density at radius 3 is 2.91 bits per heavy atom. The van der Waals surface area contributed by atoms with Gasteiger partial charge in [-0.05, 0) is 13.0 Å². The van der Waals surface area contributed by atoms with E-state index in [0.29, 0.717) is 13.1 Å². The van der Waals surface area contributed by atoms with Gasteiger partial charge in [0, 0.05) is 19.2 Å². The summed E-state index contributed by atoms with van der Waals surface area (Å²) in [6.45, 7) is 2.83. The van der Waals surface area contributed by atoms with Crippen molar-refractivity contribution in [3.8, 4) is 0 Å². The van der Waals surface area contributed by atoms with Crippen molar-refractivity contribution in [2.45, 2.75) is 20.0 Å². The Balaban J connectivity index is 3.13. The first kappa shape index (κ1) is 7.94. The van der Waals surface area contributed by atoms with E-state index in [4.69, 9.17) is 5.73 Å². The summed E-state index contributed by atoms with van der Waals surface area (Å²) in [5.41, 5.74) is 6.01. The third-order valence-electron chi connectivity index (χ3n) is 1.43. The number of aromatic nitrogens is 2. The molecule has 1 heterocycles. The van der Waals surface area contributed by atoms with Crippen molar-refractivity contribution in [2.75, 3.05) is 0 Å². The van der Waals surface area contributed by atoms with Crippen LogP contribution in [0.1, 0.15) is 12.6 Å². The lowest BCUT2D eigenvalue weighted by atomic mass is 10.4. The van der Waals surface area contributed by atoms with E-state index in [-0.39, 0.29) is 5.56 Å². The molecule has 4 nitrogen and oxygen atoms in total. The van der Waals surface area contributed by atoms with Gasteiger partial charge in [0.25, 0.3) is 5.56 Å². The van der Waals surface area contributed by atoms with Gasteiger partial charge in [-0.1, -0.05) is 0 Å². The fraction of sp³-hybridized carbons (Fsp3) is 0.429. The van der Waals surface area contributed by atoms with Gasteiger partial charge in [0.2, 0.25) is 0 Å². The highest BCUT2D eigenvalue weighted by molar-refractivity contribution is 4.99. The van der Waals surface area contributed by atoms with E-state index in [0.717, 1.165) is 5.69 Å². The Morgan fingerprint density at radius 2 is 2.36 bits per heavy atom. The van der Waals surface area contributed by atoms with Gasteiger partial charge in [0.15, 0.2) is 0 Å². The fourth-order valence-electron chi connectivity index (χ4n) is 0.827. The molecule has 1 rings (SSSR count). The average Bonchev–Trinajstić information content (AvgIpc) is 2.05. The topological polar surface area (TPSA) is 60.9 Å². The molecule has 1 aromatic heterocycles. The van der Waals surface area contributed by atoms with Crippen LogP contribution in [0.5, 0.6) is 0 Å². The van der Waals surface area contributed by atoms with Gasteiger partial charge in [-0.3, -0.25) is 4.79 Å². The SMILES string of the molecule is CCn1nc(CN)ccc1=O. The molecule has 0 spiro atoms. The van der Waals surface area contributed by atoms with Crippen molar-refractivity contribution in [2.24, 2.45) is 5.73 Å². The standard InChI is InChI=1S/C7H11N3O/c1-2-10-7(11)4-3-6(5-8)9-10/h3-4H,2,5,8H2,1H3. The van der Waals surface area contributed by atoms with Gasteiger partial charge in [-0.15, -0.1) is 0 Å². The molecule has 0 saturated carbocycles. The maximum Gasteiger partial charge on any atom is 0.266 e. The lowest BCUT2D eigenvalue weighted by Gasteiger charge is -2.00. The largest absolute Gasteiger partial charge is 0.325 e. The minimum Gasteiger partial charge on any atom is -0.325 e. The zero-order valence-electron chi connectivity index (χ0n) is 6.45. The zero-order valence-corrected chi connectivity index (χ0v) is 6.45. The van der Waals surface area contributed by atoms with E-state index in [9.17, 15) is 4.79 Å². The van der Waals surface area contributed by atoms with Crippen LogP contribution >= 0.6 is 0 Å². The van der Waals surface area contributed by atoms with Crippen LogP contribution in [0.15, 0.2) is 16.9 Å². The second kappa shape index (κ2) is 3.30. The Bertz CT molecular complexity index is 292. The summed E-state index contributed by atoms with van der Waals surface area (Å²) in [6.07, 6.45) is 0. The number of hydrogen-bond acceptors (Lipinski definition) is 3. The molecule has 0 bridgehead atoms. The van der Waals surface area contributed by atoms with Gasteiger partial charge in [-0.2, -0.15) is 5.10 Å². The van der Waals surface area contributed by atoms with E-state index in [1.165, 1.54) is 10.7 Å². The summed E-state index contributed by atoms with van der Waals surface area (Å²) in [7, 11) is 0. The Morgan fingerprint density at radius 1 is 1.64 bits per heavy atom. The van der Waals surface area contributed by atoms with Gasteiger partial charge >= 0.3 is 0 Å². The van der Waals surface area contributed by atoms with Crippen molar-refractivity contribution >= 4 is 0 Å². The van der Waals surface area contributed by atoms with Crippen LogP contribution in [0, 0.1) is 0 Å². The Labute approximate surface area is 64.6 Å². The highest BCUT2D eigenvalue weighted by Crippen LogP contribution is 1.86. The summed E-state index contributed by atoms with van der Waals surface area (Å²) in [5, 5.41) is 3.99. The summed E-state index contributed by atoms with van der Waals surface area (Å²) in [5.74, 6) is 0. The second-order valence-electron chi connectivity index (χ2n) is 2.18. The normalized spacial score (nSPS) is 10.0. The van der Waals surface area contributed by atoms with E-state index >= 15 is 0 Å². The molecular weight excluding hydrogens is 142 g/mol. The lowest BCUT2D eigenvalue weighted by Crippen LogP contribution is -2.22. The molecule has 0 aliphatic carbocycles. The maximum absolute atomic E-state index is 11.0. The van der Waals surface area contributed by atoms with Gasteiger partial charge in [0.05, 0.1) is 5.69 Å². The van der Waals surface area contributed by atoms with Gasteiger partial charge in [-0.25, -0.2) is 4.68 Å². The number of rotatable bonds is 2. The minimum atomic E-state index is -0.0790. The van der Waals surface area contributed by atoms with Crippen molar-refractivity contribution in [1.29, 1.82) is 0 Å². The molecular formula is C7H11N3O. The molecule has 0 aliphatic heterocycles. The monoisotopic (exact) mass is 153 g/mol. The van der Waals surface area contributed by atoms with Crippen LogP contribution in [0.3, 0.4) is 0 Å². The molecule has 60 valence electrons. The third kappa shape index (κ3) is 1.65. The lowest BCUT2D eigenvalue weighted by molar-refractivity contribution is 0.598. The van der Waals surface area contributed by atoms with E-state index in [1.807, 2.05) is 6.92 Å². The molecule has 4 heteroatoms. The first-order valence-corrected chi connectivity index (χ1v) is 3.55. The zero-order chi connectivity index (χ0) is 8.27. The van der Waals surface area contributed by atoms with Gasteiger partial charge < -0.3 is 5.73 Å². The summed E-state index contributed by atoms with van der Waals surface area (Å²) in [6, 6.07) is 3.13. The van der Waals surface area contributed by atoms with E-state index < -0.39 is 0 Å². The summed E-state index contributed by atoms with van der Waals surface area (Å²) in [4.78, 5) is 11.0. The van der Waals surface area contributed by atoms with Crippen LogP contribution in [-0.4, -0.2) is 9.78 Å². The first-order chi connectivity index (χ1) is 5.27.